The third-order valence-corrected chi connectivity index (χ3v) is 2.44. The van der Waals surface area contributed by atoms with Crippen LogP contribution in [-0.4, -0.2) is 43.5 Å². The number of aromatic nitrogens is 1. The Balaban J connectivity index is 2.56. The van der Waals surface area contributed by atoms with Crippen molar-refractivity contribution in [1.82, 2.24) is 4.98 Å². The molecule has 0 aliphatic carbocycles. The molecule has 1 aromatic heterocycles. The number of hydrogen-bond donors (Lipinski definition) is 1. The van der Waals surface area contributed by atoms with E-state index in [9.17, 15) is 5.11 Å². The van der Waals surface area contributed by atoms with Crippen LogP contribution >= 0.6 is 15.9 Å². The zero-order chi connectivity index (χ0) is 11.3. The van der Waals surface area contributed by atoms with E-state index in [1.54, 1.807) is 13.3 Å². The van der Waals surface area contributed by atoms with Crippen LogP contribution < -0.4 is 4.90 Å². The number of anilines is 1. The number of hydrogen-bond acceptors (Lipinski definition) is 4. The summed E-state index contributed by atoms with van der Waals surface area (Å²) in [6.45, 7) is 0.829. The maximum Gasteiger partial charge on any atom is 0.129 e. The molecule has 1 heterocycles. The summed E-state index contributed by atoms with van der Waals surface area (Å²) in [5, 5.41) is 9.54. The van der Waals surface area contributed by atoms with Crippen molar-refractivity contribution in [3.8, 4) is 0 Å². The number of aliphatic hydroxyl groups excluding tert-OH is 1. The molecule has 0 radical (unpaired) electrons. The predicted molar refractivity (Wildman–Crippen MR) is 63.1 cm³/mol. The molecule has 1 aromatic rings. The average molecular weight is 275 g/mol. The van der Waals surface area contributed by atoms with E-state index < -0.39 is 6.10 Å². The molecule has 0 unspecified atom stereocenters. The van der Waals surface area contributed by atoms with Crippen LogP contribution in [0.15, 0.2) is 22.8 Å². The van der Waals surface area contributed by atoms with E-state index in [4.69, 9.17) is 4.74 Å². The minimum atomic E-state index is -0.499. The highest BCUT2D eigenvalue weighted by Gasteiger charge is 2.09. The van der Waals surface area contributed by atoms with Gasteiger partial charge in [-0.3, -0.25) is 0 Å². The highest BCUT2D eigenvalue weighted by molar-refractivity contribution is 9.10. The van der Waals surface area contributed by atoms with Crippen LogP contribution in [0.4, 0.5) is 5.82 Å². The molecule has 0 aliphatic rings. The Morgan fingerprint density at radius 1 is 1.67 bits per heavy atom. The van der Waals surface area contributed by atoms with Crippen LogP contribution in [0.25, 0.3) is 0 Å². The molecule has 84 valence electrons. The zero-order valence-electron chi connectivity index (χ0n) is 8.85. The Kier molecular flexibility index (Phi) is 5.01. The van der Waals surface area contributed by atoms with Gasteiger partial charge in [0.25, 0.3) is 0 Å². The maximum atomic E-state index is 9.54. The summed E-state index contributed by atoms with van der Waals surface area (Å²) >= 11 is 3.37. The zero-order valence-corrected chi connectivity index (χ0v) is 10.4. The number of halogens is 1. The first-order valence-electron chi connectivity index (χ1n) is 4.63. The van der Waals surface area contributed by atoms with E-state index in [2.05, 4.69) is 20.9 Å². The number of ether oxygens (including phenoxy) is 1. The summed E-state index contributed by atoms with van der Waals surface area (Å²) in [7, 11) is 3.45. The van der Waals surface area contributed by atoms with Gasteiger partial charge in [-0.1, -0.05) is 15.9 Å². The molecule has 0 spiro atoms. The minimum absolute atomic E-state index is 0.332. The molecule has 1 atom stereocenters. The van der Waals surface area contributed by atoms with Gasteiger partial charge >= 0.3 is 0 Å². The van der Waals surface area contributed by atoms with Gasteiger partial charge in [-0.25, -0.2) is 4.98 Å². The van der Waals surface area contributed by atoms with Crippen LogP contribution in [0.2, 0.25) is 0 Å². The second-order valence-corrected chi connectivity index (χ2v) is 4.24. The van der Waals surface area contributed by atoms with Gasteiger partial charge in [0.2, 0.25) is 0 Å². The van der Waals surface area contributed by atoms with Crippen LogP contribution in [0.1, 0.15) is 0 Å². The highest BCUT2D eigenvalue weighted by atomic mass is 79.9. The number of aliphatic hydroxyl groups is 1. The molecule has 0 saturated heterocycles. The highest BCUT2D eigenvalue weighted by Crippen LogP contribution is 2.15. The normalized spacial score (nSPS) is 12.5. The second kappa shape index (κ2) is 6.05. The lowest BCUT2D eigenvalue weighted by atomic mass is 10.3. The van der Waals surface area contributed by atoms with Crippen molar-refractivity contribution >= 4 is 21.7 Å². The van der Waals surface area contributed by atoms with E-state index in [0.29, 0.717) is 13.2 Å². The molecular formula is C10H15BrN2O2. The van der Waals surface area contributed by atoms with Crippen LogP contribution in [0, 0.1) is 0 Å². The van der Waals surface area contributed by atoms with Crippen molar-refractivity contribution in [1.29, 1.82) is 0 Å². The summed E-state index contributed by atoms with van der Waals surface area (Å²) in [5.41, 5.74) is 0. The Labute approximate surface area is 98.0 Å². The number of pyridine rings is 1. The Morgan fingerprint density at radius 2 is 2.40 bits per heavy atom. The number of nitrogens with zero attached hydrogens (tertiary/aromatic N) is 2. The monoisotopic (exact) mass is 274 g/mol. The number of likely N-dealkylation sites (N-methyl/N-ethyl adjacent to an activating group) is 1. The first kappa shape index (κ1) is 12.4. The van der Waals surface area contributed by atoms with Gasteiger partial charge in [-0.15, -0.1) is 0 Å². The van der Waals surface area contributed by atoms with Crippen LogP contribution in [-0.2, 0) is 4.74 Å². The molecule has 0 fully saturated rings. The van der Waals surface area contributed by atoms with Gasteiger partial charge in [0.05, 0.1) is 12.7 Å². The van der Waals surface area contributed by atoms with Gasteiger partial charge < -0.3 is 14.7 Å². The number of rotatable bonds is 5. The van der Waals surface area contributed by atoms with Gasteiger partial charge in [-0.2, -0.15) is 0 Å². The van der Waals surface area contributed by atoms with E-state index in [0.717, 1.165) is 10.3 Å². The molecule has 0 aromatic carbocycles. The predicted octanol–water partition coefficient (Wildman–Crippen LogP) is 1.29. The molecule has 0 aliphatic heterocycles. The Bertz CT molecular complexity index is 309. The fourth-order valence-corrected chi connectivity index (χ4v) is 1.58. The van der Waals surface area contributed by atoms with Crippen molar-refractivity contribution in [2.75, 3.05) is 32.2 Å². The van der Waals surface area contributed by atoms with Crippen molar-refractivity contribution in [3.63, 3.8) is 0 Å². The molecule has 0 amide bonds. The Morgan fingerprint density at radius 3 is 3.00 bits per heavy atom. The molecule has 0 bridgehead atoms. The van der Waals surface area contributed by atoms with Crippen molar-refractivity contribution in [3.05, 3.63) is 22.8 Å². The maximum absolute atomic E-state index is 9.54. The summed E-state index contributed by atoms with van der Waals surface area (Å²) in [5.74, 6) is 0.819. The molecule has 5 heteroatoms. The summed E-state index contributed by atoms with van der Waals surface area (Å²) in [4.78, 5) is 6.08. The second-order valence-electron chi connectivity index (χ2n) is 3.32. The minimum Gasteiger partial charge on any atom is -0.389 e. The summed E-state index contributed by atoms with van der Waals surface area (Å²) in [6.07, 6.45) is 1.22. The van der Waals surface area contributed by atoms with E-state index in [1.165, 1.54) is 0 Å². The third kappa shape index (κ3) is 4.15. The van der Waals surface area contributed by atoms with E-state index in [-0.39, 0.29) is 0 Å². The molecule has 1 rings (SSSR count). The lowest BCUT2D eigenvalue weighted by Crippen LogP contribution is -2.32. The third-order valence-electron chi connectivity index (χ3n) is 1.94. The molecule has 0 saturated carbocycles. The largest absolute Gasteiger partial charge is 0.389 e. The summed E-state index contributed by atoms with van der Waals surface area (Å²) < 4.78 is 5.83. The van der Waals surface area contributed by atoms with Crippen LogP contribution in [0.3, 0.4) is 0 Å². The van der Waals surface area contributed by atoms with Crippen molar-refractivity contribution in [2.45, 2.75) is 6.10 Å². The number of methoxy groups -OCH3 is 1. The standard InChI is InChI=1S/C10H15BrN2O2/c1-13(6-9(14)7-15-2)10-5-8(11)3-4-12-10/h3-5,9,14H,6-7H2,1-2H3/t9-/m0/s1. The SMILES string of the molecule is COC[C@@H](O)CN(C)c1cc(Br)ccn1. The first-order valence-corrected chi connectivity index (χ1v) is 5.42. The molecule has 4 nitrogen and oxygen atoms in total. The van der Waals surface area contributed by atoms with Gasteiger partial charge in [-0.05, 0) is 12.1 Å². The van der Waals surface area contributed by atoms with Crippen molar-refractivity contribution in [2.24, 2.45) is 0 Å². The topological polar surface area (TPSA) is 45.6 Å². The molecular weight excluding hydrogens is 260 g/mol. The lowest BCUT2D eigenvalue weighted by molar-refractivity contribution is 0.0694. The Hall–Kier alpha value is -0.650. The smallest absolute Gasteiger partial charge is 0.129 e. The van der Waals surface area contributed by atoms with Gasteiger partial charge in [0.1, 0.15) is 5.82 Å². The quantitative estimate of drug-likeness (QED) is 0.879. The lowest BCUT2D eigenvalue weighted by Gasteiger charge is -2.21. The van der Waals surface area contributed by atoms with Crippen LogP contribution in [0.5, 0.6) is 0 Å². The van der Waals surface area contributed by atoms with Gasteiger partial charge in [0.15, 0.2) is 0 Å². The fraction of sp³-hybridized carbons (Fsp3) is 0.500. The summed E-state index contributed by atoms with van der Waals surface area (Å²) in [6, 6.07) is 3.77. The van der Waals surface area contributed by atoms with Crippen molar-refractivity contribution < 1.29 is 9.84 Å². The average Bonchev–Trinajstić information content (AvgIpc) is 2.18. The van der Waals surface area contributed by atoms with Gasteiger partial charge in [0, 0.05) is 31.4 Å². The molecule has 1 N–H and O–H groups in total. The van der Waals surface area contributed by atoms with E-state index in [1.807, 2.05) is 24.1 Å². The molecule has 15 heavy (non-hydrogen) atoms. The van der Waals surface area contributed by atoms with E-state index >= 15 is 0 Å². The fourth-order valence-electron chi connectivity index (χ4n) is 1.26. The first-order chi connectivity index (χ1) is 7.13.